The summed E-state index contributed by atoms with van der Waals surface area (Å²) in [7, 11) is 0. The second-order valence-electron chi connectivity index (χ2n) is 2.95. The fraction of sp³-hybridized carbons (Fsp3) is 0.0833. The largest absolute Gasteiger partial charge is 0.302 e. The van der Waals surface area contributed by atoms with Crippen molar-refractivity contribution in [3.8, 4) is 0 Å². The van der Waals surface area contributed by atoms with Crippen LogP contribution in [-0.4, -0.2) is 12.0 Å². The molecule has 0 N–H and O–H groups in total. The smallest absolute Gasteiger partial charge is 0.130 e. The summed E-state index contributed by atoms with van der Waals surface area (Å²) in [6, 6.07) is 14.4. The van der Waals surface area contributed by atoms with Gasteiger partial charge in [-0.3, -0.25) is 0 Å². The molecule has 2 aromatic carbocycles. The molecular formula is C12H10OS. The van der Waals surface area contributed by atoms with Crippen LogP contribution in [0.15, 0.2) is 47.4 Å². The molecule has 2 rings (SSSR count). The Bertz CT molecular complexity index is 446. The molecule has 0 spiro atoms. The lowest BCUT2D eigenvalue weighted by Gasteiger charge is -2.03. The van der Waals surface area contributed by atoms with Crippen LogP contribution in [0.4, 0.5) is 0 Å². The molecule has 0 atom stereocenters. The molecule has 0 radical (unpaired) electrons. The van der Waals surface area contributed by atoms with Gasteiger partial charge in [-0.15, -0.1) is 11.8 Å². The molecule has 0 aliphatic heterocycles. The highest BCUT2D eigenvalue weighted by Crippen LogP contribution is 2.26. The lowest BCUT2D eigenvalue weighted by atomic mass is 10.1. The maximum Gasteiger partial charge on any atom is 0.130 e. The van der Waals surface area contributed by atoms with Gasteiger partial charge in [-0.1, -0.05) is 36.4 Å². The normalized spacial score (nSPS) is 10.3. The van der Waals surface area contributed by atoms with Crippen molar-refractivity contribution >= 4 is 28.8 Å². The van der Waals surface area contributed by atoms with Gasteiger partial charge >= 0.3 is 0 Å². The minimum Gasteiger partial charge on any atom is -0.302 e. The van der Waals surface area contributed by atoms with Crippen LogP contribution < -0.4 is 0 Å². The third-order valence-electron chi connectivity index (χ3n) is 2.06. The van der Waals surface area contributed by atoms with E-state index in [1.54, 1.807) is 11.8 Å². The Morgan fingerprint density at radius 3 is 2.71 bits per heavy atom. The monoisotopic (exact) mass is 202 g/mol. The lowest BCUT2D eigenvalue weighted by molar-refractivity contribution is -0.105. The van der Waals surface area contributed by atoms with Gasteiger partial charge in [-0.25, -0.2) is 0 Å². The molecule has 70 valence electrons. The molecule has 14 heavy (non-hydrogen) atoms. The summed E-state index contributed by atoms with van der Waals surface area (Å²) < 4.78 is 0. The topological polar surface area (TPSA) is 17.1 Å². The molecule has 0 saturated carbocycles. The number of fused-ring (bicyclic) bond motifs is 1. The molecular weight excluding hydrogens is 192 g/mol. The number of hydrogen-bond donors (Lipinski definition) is 0. The average Bonchev–Trinajstić information content (AvgIpc) is 2.26. The predicted octanol–water partition coefficient (Wildman–Crippen LogP) is 3.13. The lowest BCUT2D eigenvalue weighted by Crippen LogP contribution is -1.81. The number of carbonyl (C=O) groups excluding carboxylic acids is 1. The summed E-state index contributed by atoms with van der Waals surface area (Å²) in [5.74, 6) is 0.522. The van der Waals surface area contributed by atoms with E-state index >= 15 is 0 Å². The Kier molecular flexibility index (Phi) is 2.84. The Morgan fingerprint density at radius 2 is 1.86 bits per heavy atom. The SMILES string of the molecule is O=CCSc1cccc2ccccc12. The number of rotatable bonds is 3. The first-order chi connectivity index (χ1) is 6.92. The van der Waals surface area contributed by atoms with Crippen LogP contribution in [0.1, 0.15) is 0 Å². The van der Waals surface area contributed by atoms with Crippen LogP contribution in [0.3, 0.4) is 0 Å². The second-order valence-corrected chi connectivity index (χ2v) is 4.02. The summed E-state index contributed by atoms with van der Waals surface area (Å²) >= 11 is 1.58. The highest BCUT2D eigenvalue weighted by Gasteiger charge is 1.99. The van der Waals surface area contributed by atoms with E-state index in [9.17, 15) is 4.79 Å². The minimum absolute atomic E-state index is 0.522. The zero-order valence-corrected chi connectivity index (χ0v) is 8.46. The summed E-state index contributed by atoms with van der Waals surface area (Å²) in [6.45, 7) is 0. The van der Waals surface area contributed by atoms with Crippen LogP contribution in [-0.2, 0) is 4.79 Å². The summed E-state index contributed by atoms with van der Waals surface area (Å²) in [6.07, 6.45) is 0.937. The molecule has 0 fully saturated rings. The van der Waals surface area contributed by atoms with Crippen molar-refractivity contribution < 1.29 is 4.79 Å². The van der Waals surface area contributed by atoms with E-state index in [-0.39, 0.29) is 0 Å². The zero-order chi connectivity index (χ0) is 9.80. The van der Waals surface area contributed by atoms with Gasteiger partial charge < -0.3 is 4.79 Å². The maximum atomic E-state index is 10.3. The van der Waals surface area contributed by atoms with Gasteiger partial charge in [0.05, 0.1) is 5.75 Å². The van der Waals surface area contributed by atoms with E-state index in [1.807, 2.05) is 18.2 Å². The number of benzene rings is 2. The van der Waals surface area contributed by atoms with Crippen molar-refractivity contribution in [2.45, 2.75) is 4.90 Å². The number of carbonyl (C=O) groups is 1. The fourth-order valence-corrected chi connectivity index (χ4v) is 2.21. The minimum atomic E-state index is 0.522. The molecule has 1 nitrogen and oxygen atoms in total. The van der Waals surface area contributed by atoms with Gasteiger partial charge in [0.25, 0.3) is 0 Å². The Balaban J connectivity index is 2.48. The molecule has 0 aliphatic rings. The fourth-order valence-electron chi connectivity index (χ4n) is 1.45. The van der Waals surface area contributed by atoms with Gasteiger partial charge in [0.1, 0.15) is 6.29 Å². The Labute approximate surface area is 87.1 Å². The van der Waals surface area contributed by atoms with Gasteiger partial charge in [-0.05, 0) is 16.8 Å². The second kappa shape index (κ2) is 4.29. The highest BCUT2D eigenvalue weighted by molar-refractivity contribution is 8.00. The van der Waals surface area contributed by atoms with Crippen LogP contribution in [0.25, 0.3) is 10.8 Å². The van der Waals surface area contributed by atoms with Crippen molar-refractivity contribution in [2.75, 3.05) is 5.75 Å². The first-order valence-corrected chi connectivity index (χ1v) is 5.44. The summed E-state index contributed by atoms with van der Waals surface area (Å²) in [5.41, 5.74) is 0. The number of aldehydes is 1. The predicted molar refractivity (Wildman–Crippen MR) is 60.7 cm³/mol. The molecule has 0 aromatic heterocycles. The molecule has 0 unspecified atom stereocenters. The summed E-state index contributed by atoms with van der Waals surface area (Å²) in [5, 5.41) is 2.45. The Morgan fingerprint density at radius 1 is 1.07 bits per heavy atom. The molecule has 2 heteroatoms. The molecule has 0 saturated heterocycles. The van der Waals surface area contributed by atoms with E-state index < -0.39 is 0 Å². The average molecular weight is 202 g/mol. The van der Waals surface area contributed by atoms with Crippen molar-refractivity contribution in [3.05, 3.63) is 42.5 Å². The molecule has 0 aliphatic carbocycles. The highest BCUT2D eigenvalue weighted by atomic mass is 32.2. The van der Waals surface area contributed by atoms with Crippen LogP contribution >= 0.6 is 11.8 Å². The maximum absolute atomic E-state index is 10.3. The first kappa shape index (κ1) is 9.28. The van der Waals surface area contributed by atoms with Crippen LogP contribution in [0.2, 0.25) is 0 Å². The quantitative estimate of drug-likeness (QED) is 0.562. The van der Waals surface area contributed by atoms with Crippen molar-refractivity contribution in [2.24, 2.45) is 0 Å². The van der Waals surface area contributed by atoms with Gasteiger partial charge in [-0.2, -0.15) is 0 Å². The first-order valence-electron chi connectivity index (χ1n) is 4.46. The zero-order valence-electron chi connectivity index (χ0n) is 7.64. The van der Waals surface area contributed by atoms with E-state index in [1.165, 1.54) is 15.7 Å². The van der Waals surface area contributed by atoms with E-state index in [2.05, 4.69) is 24.3 Å². The molecule has 0 heterocycles. The van der Waals surface area contributed by atoms with Crippen molar-refractivity contribution in [1.82, 2.24) is 0 Å². The van der Waals surface area contributed by atoms with E-state index in [4.69, 9.17) is 0 Å². The number of hydrogen-bond acceptors (Lipinski definition) is 2. The van der Waals surface area contributed by atoms with Gasteiger partial charge in [0.2, 0.25) is 0 Å². The van der Waals surface area contributed by atoms with Gasteiger partial charge in [0.15, 0.2) is 0 Å². The molecule has 0 amide bonds. The van der Waals surface area contributed by atoms with E-state index in [0.717, 1.165) is 6.29 Å². The van der Waals surface area contributed by atoms with Gasteiger partial charge in [0, 0.05) is 4.90 Å². The third kappa shape index (κ3) is 1.80. The third-order valence-corrected chi connectivity index (χ3v) is 3.03. The standard InChI is InChI=1S/C12H10OS/c13-8-9-14-12-7-3-5-10-4-1-2-6-11(10)12/h1-8H,9H2. The van der Waals surface area contributed by atoms with Crippen molar-refractivity contribution in [1.29, 1.82) is 0 Å². The molecule has 0 bridgehead atoms. The van der Waals surface area contributed by atoms with E-state index in [0.29, 0.717) is 5.75 Å². The Hall–Kier alpha value is -1.28. The number of thioether (sulfide) groups is 1. The summed E-state index contributed by atoms with van der Waals surface area (Å²) in [4.78, 5) is 11.5. The van der Waals surface area contributed by atoms with Crippen LogP contribution in [0, 0.1) is 0 Å². The van der Waals surface area contributed by atoms with Crippen molar-refractivity contribution in [3.63, 3.8) is 0 Å². The molecule has 2 aromatic rings. The van der Waals surface area contributed by atoms with Crippen LogP contribution in [0.5, 0.6) is 0 Å².